The number of nitrogens with one attached hydrogen (secondary N) is 1. The molecule has 0 saturated carbocycles. The number of sulfonamides is 1. The Balaban J connectivity index is 2.39. The Kier molecular flexibility index (Phi) is 3.64. The summed E-state index contributed by atoms with van der Waals surface area (Å²) in [5.41, 5.74) is 5.81. The highest BCUT2D eigenvalue weighted by Crippen LogP contribution is 2.25. The van der Waals surface area contributed by atoms with Crippen molar-refractivity contribution >= 4 is 33.0 Å². The molecule has 4 nitrogen and oxygen atoms in total. The van der Waals surface area contributed by atoms with Crippen LogP contribution in [0.2, 0.25) is 5.02 Å². The SMILES string of the molecule is Nc1cccc(S(=O)(=O)Nc2cc(F)ccc2Cl)c1. The molecule has 2 aromatic rings. The third kappa shape index (κ3) is 3.15. The quantitative estimate of drug-likeness (QED) is 0.856. The summed E-state index contributed by atoms with van der Waals surface area (Å²) in [6.07, 6.45) is 0. The lowest BCUT2D eigenvalue weighted by molar-refractivity contribution is 0.601. The smallest absolute Gasteiger partial charge is 0.262 e. The van der Waals surface area contributed by atoms with Crippen molar-refractivity contribution < 1.29 is 12.8 Å². The van der Waals surface area contributed by atoms with Crippen molar-refractivity contribution in [2.45, 2.75) is 4.90 Å². The van der Waals surface area contributed by atoms with E-state index in [-0.39, 0.29) is 15.6 Å². The zero-order valence-electron chi connectivity index (χ0n) is 9.60. The molecule has 0 atom stereocenters. The monoisotopic (exact) mass is 300 g/mol. The number of halogens is 2. The molecular formula is C12H10ClFN2O2S. The lowest BCUT2D eigenvalue weighted by Crippen LogP contribution is -2.13. The molecule has 0 spiro atoms. The van der Waals surface area contributed by atoms with Crippen LogP contribution in [0.5, 0.6) is 0 Å². The van der Waals surface area contributed by atoms with E-state index < -0.39 is 15.8 Å². The zero-order chi connectivity index (χ0) is 14.0. The maximum Gasteiger partial charge on any atom is 0.262 e. The van der Waals surface area contributed by atoms with Crippen molar-refractivity contribution in [3.05, 3.63) is 53.3 Å². The Bertz CT molecular complexity index is 719. The van der Waals surface area contributed by atoms with Crippen LogP contribution in [0.3, 0.4) is 0 Å². The van der Waals surface area contributed by atoms with E-state index in [0.717, 1.165) is 12.1 Å². The summed E-state index contributed by atoms with van der Waals surface area (Å²) in [6, 6.07) is 9.17. The van der Waals surface area contributed by atoms with Gasteiger partial charge >= 0.3 is 0 Å². The largest absolute Gasteiger partial charge is 0.399 e. The normalized spacial score (nSPS) is 11.3. The first-order chi connectivity index (χ1) is 8.88. The minimum absolute atomic E-state index is 0.0205. The molecule has 0 aliphatic carbocycles. The molecular weight excluding hydrogens is 291 g/mol. The van der Waals surface area contributed by atoms with Gasteiger partial charge in [0, 0.05) is 5.69 Å². The first-order valence-electron chi connectivity index (χ1n) is 5.22. The van der Waals surface area contributed by atoms with Crippen LogP contribution in [-0.2, 0) is 10.0 Å². The van der Waals surface area contributed by atoms with Crippen molar-refractivity contribution in [1.29, 1.82) is 0 Å². The molecule has 0 aliphatic heterocycles. The van der Waals surface area contributed by atoms with Gasteiger partial charge in [0.05, 0.1) is 15.6 Å². The maximum atomic E-state index is 13.1. The minimum atomic E-state index is -3.86. The summed E-state index contributed by atoms with van der Waals surface area (Å²) in [6.45, 7) is 0. The third-order valence-corrected chi connectivity index (χ3v) is 4.03. The van der Waals surface area contributed by atoms with E-state index in [1.165, 1.54) is 24.3 Å². The van der Waals surface area contributed by atoms with Gasteiger partial charge in [-0.1, -0.05) is 17.7 Å². The Hall–Kier alpha value is -1.79. The van der Waals surface area contributed by atoms with Gasteiger partial charge in [-0.3, -0.25) is 4.72 Å². The molecule has 7 heteroatoms. The number of rotatable bonds is 3. The van der Waals surface area contributed by atoms with Crippen molar-refractivity contribution in [3.8, 4) is 0 Å². The number of benzene rings is 2. The number of anilines is 2. The second-order valence-electron chi connectivity index (χ2n) is 3.80. The summed E-state index contributed by atoms with van der Waals surface area (Å²) in [5, 5.41) is 0.105. The van der Waals surface area contributed by atoms with Gasteiger partial charge in [-0.2, -0.15) is 0 Å². The van der Waals surface area contributed by atoms with E-state index in [1.807, 2.05) is 0 Å². The molecule has 0 aliphatic rings. The molecule has 0 amide bonds. The topological polar surface area (TPSA) is 72.2 Å². The first kappa shape index (κ1) is 13.6. The van der Waals surface area contributed by atoms with E-state index in [9.17, 15) is 12.8 Å². The van der Waals surface area contributed by atoms with Gasteiger partial charge in [-0.25, -0.2) is 12.8 Å². The molecule has 0 aromatic heterocycles. The molecule has 0 saturated heterocycles. The average Bonchev–Trinajstić information content (AvgIpc) is 2.33. The summed E-state index contributed by atoms with van der Waals surface area (Å²) >= 11 is 5.80. The Morgan fingerprint density at radius 3 is 2.58 bits per heavy atom. The summed E-state index contributed by atoms with van der Waals surface area (Å²) in [5.74, 6) is -0.588. The molecule has 0 heterocycles. The number of nitrogen functional groups attached to an aromatic ring is 1. The third-order valence-electron chi connectivity index (χ3n) is 2.34. The Morgan fingerprint density at radius 1 is 1.16 bits per heavy atom. The average molecular weight is 301 g/mol. The van der Waals surface area contributed by atoms with Gasteiger partial charge in [0.1, 0.15) is 5.82 Å². The minimum Gasteiger partial charge on any atom is -0.399 e. The summed E-state index contributed by atoms with van der Waals surface area (Å²) < 4.78 is 39.4. The van der Waals surface area contributed by atoms with Crippen LogP contribution < -0.4 is 10.5 Å². The van der Waals surface area contributed by atoms with E-state index in [1.54, 1.807) is 6.07 Å². The Morgan fingerprint density at radius 2 is 1.89 bits per heavy atom. The van der Waals surface area contributed by atoms with Crippen LogP contribution in [-0.4, -0.2) is 8.42 Å². The summed E-state index contributed by atoms with van der Waals surface area (Å²) in [4.78, 5) is -0.0205. The first-order valence-corrected chi connectivity index (χ1v) is 7.08. The van der Waals surface area contributed by atoms with E-state index in [2.05, 4.69) is 4.72 Å². The van der Waals surface area contributed by atoms with Crippen LogP contribution in [0.4, 0.5) is 15.8 Å². The molecule has 0 fully saturated rings. The van der Waals surface area contributed by atoms with Gasteiger partial charge in [0.15, 0.2) is 0 Å². The second-order valence-corrected chi connectivity index (χ2v) is 5.89. The van der Waals surface area contributed by atoms with Gasteiger partial charge in [-0.05, 0) is 36.4 Å². The Labute approximate surface area is 115 Å². The van der Waals surface area contributed by atoms with Gasteiger partial charge < -0.3 is 5.73 Å². The fourth-order valence-corrected chi connectivity index (χ4v) is 2.81. The lowest BCUT2D eigenvalue weighted by Gasteiger charge is -2.10. The highest BCUT2D eigenvalue weighted by molar-refractivity contribution is 7.92. The van der Waals surface area contributed by atoms with Crippen molar-refractivity contribution in [3.63, 3.8) is 0 Å². The van der Waals surface area contributed by atoms with E-state index in [0.29, 0.717) is 5.69 Å². The summed E-state index contributed by atoms with van der Waals surface area (Å²) in [7, 11) is -3.86. The van der Waals surface area contributed by atoms with Crippen molar-refractivity contribution in [1.82, 2.24) is 0 Å². The van der Waals surface area contributed by atoms with Gasteiger partial charge in [-0.15, -0.1) is 0 Å². The second kappa shape index (κ2) is 5.07. The molecule has 0 unspecified atom stereocenters. The highest BCUT2D eigenvalue weighted by atomic mass is 35.5. The zero-order valence-corrected chi connectivity index (χ0v) is 11.2. The van der Waals surface area contributed by atoms with E-state index in [4.69, 9.17) is 17.3 Å². The standard InChI is InChI=1S/C12H10ClFN2O2S/c13-11-5-4-8(14)6-12(11)16-19(17,18)10-3-1-2-9(15)7-10/h1-7,16H,15H2. The van der Waals surface area contributed by atoms with E-state index >= 15 is 0 Å². The predicted molar refractivity (Wildman–Crippen MR) is 73.1 cm³/mol. The molecule has 3 N–H and O–H groups in total. The lowest BCUT2D eigenvalue weighted by atomic mass is 10.3. The molecule has 2 aromatic carbocycles. The highest BCUT2D eigenvalue weighted by Gasteiger charge is 2.16. The molecule has 19 heavy (non-hydrogen) atoms. The number of nitrogens with two attached hydrogens (primary N) is 1. The fraction of sp³-hybridized carbons (Fsp3) is 0. The maximum absolute atomic E-state index is 13.1. The van der Waals surface area contributed by atoms with Crippen molar-refractivity contribution in [2.24, 2.45) is 0 Å². The van der Waals surface area contributed by atoms with Crippen LogP contribution in [0, 0.1) is 5.82 Å². The molecule has 0 bridgehead atoms. The van der Waals surface area contributed by atoms with Crippen LogP contribution in [0.1, 0.15) is 0 Å². The van der Waals surface area contributed by atoms with Crippen LogP contribution in [0.15, 0.2) is 47.4 Å². The molecule has 100 valence electrons. The molecule has 2 rings (SSSR count). The molecule has 0 radical (unpaired) electrons. The van der Waals surface area contributed by atoms with Gasteiger partial charge in [0.2, 0.25) is 0 Å². The van der Waals surface area contributed by atoms with Crippen molar-refractivity contribution in [2.75, 3.05) is 10.5 Å². The fourth-order valence-electron chi connectivity index (χ4n) is 1.46. The predicted octanol–water partition coefficient (Wildman–Crippen LogP) is 2.86. The number of hydrogen-bond acceptors (Lipinski definition) is 3. The van der Waals surface area contributed by atoms with Gasteiger partial charge in [0.25, 0.3) is 10.0 Å². The van der Waals surface area contributed by atoms with Crippen LogP contribution in [0.25, 0.3) is 0 Å². The van der Waals surface area contributed by atoms with Crippen LogP contribution >= 0.6 is 11.6 Å². The number of hydrogen-bond donors (Lipinski definition) is 2.